The number of carbonyl (C=O) groups excluding carboxylic acids is 1. The van der Waals surface area contributed by atoms with E-state index in [2.05, 4.69) is 12.2 Å². The van der Waals surface area contributed by atoms with Crippen LogP contribution in [0.5, 0.6) is 5.75 Å². The molecule has 0 aliphatic heterocycles. The van der Waals surface area contributed by atoms with Gasteiger partial charge in [0.05, 0.1) is 18.5 Å². The van der Waals surface area contributed by atoms with Crippen LogP contribution in [0.1, 0.15) is 36.7 Å². The predicted molar refractivity (Wildman–Crippen MR) is 107 cm³/mol. The fourth-order valence-electron chi connectivity index (χ4n) is 2.90. The largest absolute Gasteiger partial charge is 0.497 e. The van der Waals surface area contributed by atoms with Crippen LogP contribution in [0, 0.1) is 0 Å². The zero-order valence-electron chi connectivity index (χ0n) is 15.8. The molecule has 1 heterocycles. The molecule has 0 aliphatic carbocycles. The van der Waals surface area contributed by atoms with Crippen LogP contribution in [-0.2, 0) is 0 Å². The minimum Gasteiger partial charge on any atom is -0.497 e. The first-order chi connectivity index (χ1) is 13.2. The summed E-state index contributed by atoms with van der Waals surface area (Å²) in [5.74, 6) is 0.643. The second-order valence-electron chi connectivity index (χ2n) is 6.36. The number of para-hydroxylation sites is 1. The Morgan fingerprint density at radius 2 is 1.89 bits per heavy atom. The Balaban J connectivity index is 1.95. The Morgan fingerprint density at radius 1 is 1.07 bits per heavy atom. The van der Waals surface area contributed by atoms with Gasteiger partial charge in [-0.15, -0.1) is 0 Å². The van der Waals surface area contributed by atoms with Gasteiger partial charge in [0.2, 0.25) is 0 Å². The van der Waals surface area contributed by atoms with Gasteiger partial charge in [-0.2, -0.15) is 5.10 Å². The van der Waals surface area contributed by atoms with Crippen molar-refractivity contribution in [3.05, 3.63) is 66.4 Å². The predicted octanol–water partition coefficient (Wildman–Crippen LogP) is 4.47. The number of rotatable bonds is 8. The van der Waals surface area contributed by atoms with Gasteiger partial charge >= 0.3 is 0 Å². The van der Waals surface area contributed by atoms with Crippen LogP contribution in [0.15, 0.2) is 60.7 Å². The number of hydrogen-bond donors (Lipinski definition) is 1. The minimum absolute atomic E-state index is 0.114. The first-order valence-corrected chi connectivity index (χ1v) is 9.31. The summed E-state index contributed by atoms with van der Waals surface area (Å²) in [6, 6.07) is 19.2. The van der Waals surface area contributed by atoms with Crippen molar-refractivity contribution >= 4 is 5.91 Å². The van der Waals surface area contributed by atoms with E-state index in [9.17, 15) is 4.79 Å². The molecule has 27 heavy (non-hydrogen) atoms. The molecule has 5 nitrogen and oxygen atoms in total. The highest BCUT2D eigenvalue weighted by Gasteiger charge is 2.17. The highest BCUT2D eigenvalue weighted by Crippen LogP contribution is 2.25. The van der Waals surface area contributed by atoms with E-state index in [1.165, 1.54) is 0 Å². The number of ether oxygens (including phenoxy) is 1. The first kappa shape index (κ1) is 18.7. The third kappa shape index (κ3) is 4.56. The molecule has 0 spiro atoms. The summed E-state index contributed by atoms with van der Waals surface area (Å²) in [6.45, 7) is 2.81. The lowest BCUT2D eigenvalue weighted by molar-refractivity contribution is 0.0945. The van der Waals surface area contributed by atoms with Gasteiger partial charge in [0.15, 0.2) is 0 Å². The van der Waals surface area contributed by atoms with Crippen molar-refractivity contribution in [2.45, 2.75) is 26.2 Å². The Morgan fingerprint density at radius 3 is 2.63 bits per heavy atom. The molecule has 0 fully saturated rings. The minimum atomic E-state index is -0.114. The third-order valence-electron chi connectivity index (χ3n) is 4.37. The Bertz CT molecular complexity index is 888. The van der Waals surface area contributed by atoms with Gasteiger partial charge in [0.25, 0.3) is 5.91 Å². The van der Waals surface area contributed by atoms with E-state index in [1.807, 2.05) is 60.7 Å². The van der Waals surface area contributed by atoms with E-state index in [4.69, 9.17) is 9.84 Å². The molecular weight excluding hydrogens is 338 g/mol. The summed E-state index contributed by atoms with van der Waals surface area (Å²) >= 11 is 0. The molecule has 0 aliphatic rings. The number of hydrogen-bond acceptors (Lipinski definition) is 3. The van der Waals surface area contributed by atoms with E-state index < -0.39 is 0 Å². The summed E-state index contributed by atoms with van der Waals surface area (Å²) in [7, 11) is 1.64. The molecule has 0 unspecified atom stereocenters. The number of nitrogens with zero attached hydrogens (tertiary/aromatic N) is 2. The Kier molecular flexibility index (Phi) is 6.26. The SMILES string of the molecule is CCCCCNC(=O)c1cc(-c2cccc(OC)c2)nn1-c1ccccc1. The molecule has 3 rings (SSSR count). The summed E-state index contributed by atoms with van der Waals surface area (Å²) < 4.78 is 7.01. The standard InChI is InChI=1S/C22H25N3O2/c1-3-4-8-14-23-22(26)21-16-20(17-10-9-13-19(15-17)27-2)24-25(21)18-11-6-5-7-12-18/h5-7,9-13,15-16H,3-4,8,14H2,1-2H3,(H,23,26). The van der Waals surface area contributed by atoms with Crippen molar-refractivity contribution in [1.82, 2.24) is 15.1 Å². The first-order valence-electron chi connectivity index (χ1n) is 9.31. The summed E-state index contributed by atoms with van der Waals surface area (Å²) in [4.78, 5) is 12.8. The van der Waals surface area contributed by atoms with Gasteiger partial charge in [0.1, 0.15) is 11.4 Å². The van der Waals surface area contributed by atoms with Crippen molar-refractivity contribution < 1.29 is 9.53 Å². The molecular formula is C22H25N3O2. The molecule has 0 bridgehead atoms. The summed E-state index contributed by atoms with van der Waals surface area (Å²) in [5.41, 5.74) is 3.02. The van der Waals surface area contributed by atoms with Gasteiger partial charge in [-0.3, -0.25) is 4.79 Å². The number of aromatic nitrogens is 2. The maximum Gasteiger partial charge on any atom is 0.270 e. The second kappa shape index (κ2) is 9.03. The molecule has 0 atom stereocenters. The second-order valence-corrected chi connectivity index (χ2v) is 6.36. The van der Waals surface area contributed by atoms with Crippen LogP contribution < -0.4 is 10.1 Å². The number of benzene rings is 2. The van der Waals surface area contributed by atoms with E-state index in [-0.39, 0.29) is 5.91 Å². The van der Waals surface area contributed by atoms with Gasteiger partial charge in [-0.1, -0.05) is 50.1 Å². The van der Waals surface area contributed by atoms with Gasteiger partial charge in [0, 0.05) is 12.1 Å². The van der Waals surface area contributed by atoms with E-state index in [1.54, 1.807) is 11.8 Å². The molecule has 2 aromatic carbocycles. The Hall–Kier alpha value is -3.08. The summed E-state index contributed by atoms with van der Waals surface area (Å²) in [6.07, 6.45) is 3.20. The molecule has 1 amide bonds. The normalized spacial score (nSPS) is 10.6. The molecule has 1 aromatic heterocycles. The highest BCUT2D eigenvalue weighted by molar-refractivity contribution is 5.94. The summed E-state index contributed by atoms with van der Waals surface area (Å²) in [5, 5.41) is 7.70. The average Bonchev–Trinajstić information content (AvgIpc) is 3.17. The van der Waals surface area contributed by atoms with Crippen LogP contribution >= 0.6 is 0 Å². The zero-order chi connectivity index (χ0) is 19.1. The zero-order valence-corrected chi connectivity index (χ0v) is 15.8. The molecule has 0 radical (unpaired) electrons. The fourth-order valence-corrected chi connectivity index (χ4v) is 2.90. The molecule has 140 valence electrons. The van der Waals surface area contributed by atoms with Crippen LogP contribution in [0.4, 0.5) is 0 Å². The fraction of sp³-hybridized carbons (Fsp3) is 0.273. The van der Waals surface area contributed by atoms with E-state index >= 15 is 0 Å². The number of nitrogens with one attached hydrogen (secondary N) is 1. The topological polar surface area (TPSA) is 56.1 Å². The smallest absolute Gasteiger partial charge is 0.270 e. The van der Waals surface area contributed by atoms with E-state index in [0.29, 0.717) is 12.2 Å². The average molecular weight is 363 g/mol. The number of carbonyl (C=O) groups is 1. The van der Waals surface area contributed by atoms with E-state index in [0.717, 1.165) is 42.0 Å². The van der Waals surface area contributed by atoms with Crippen LogP contribution in [0.25, 0.3) is 16.9 Å². The Labute approximate surface area is 160 Å². The maximum absolute atomic E-state index is 12.8. The quantitative estimate of drug-likeness (QED) is 0.601. The monoisotopic (exact) mass is 363 g/mol. The van der Waals surface area contributed by atoms with Crippen molar-refractivity contribution in [3.63, 3.8) is 0 Å². The number of unbranched alkanes of at least 4 members (excludes halogenated alkanes) is 2. The van der Waals surface area contributed by atoms with Crippen molar-refractivity contribution in [3.8, 4) is 22.7 Å². The van der Waals surface area contributed by atoms with Gasteiger partial charge in [-0.05, 0) is 36.8 Å². The van der Waals surface area contributed by atoms with Crippen molar-refractivity contribution in [2.75, 3.05) is 13.7 Å². The van der Waals surface area contributed by atoms with Crippen molar-refractivity contribution in [1.29, 1.82) is 0 Å². The lowest BCUT2D eigenvalue weighted by Gasteiger charge is -2.08. The van der Waals surface area contributed by atoms with Gasteiger partial charge < -0.3 is 10.1 Å². The number of methoxy groups -OCH3 is 1. The van der Waals surface area contributed by atoms with Crippen molar-refractivity contribution in [2.24, 2.45) is 0 Å². The number of amides is 1. The molecule has 5 heteroatoms. The molecule has 1 N–H and O–H groups in total. The highest BCUT2D eigenvalue weighted by atomic mass is 16.5. The molecule has 3 aromatic rings. The van der Waals surface area contributed by atoms with Crippen LogP contribution in [0.2, 0.25) is 0 Å². The third-order valence-corrected chi connectivity index (χ3v) is 4.37. The lowest BCUT2D eigenvalue weighted by Crippen LogP contribution is -2.26. The van der Waals surface area contributed by atoms with Crippen LogP contribution in [-0.4, -0.2) is 29.3 Å². The lowest BCUT2D eigenvalue weighted by atomic mass is 10.1. The molecule has 0 saturated heterocycles. The van der Waals surface area contributed by atoms with Crippen LogP contribution in [0.3, 0.4) is 0 Å². The van der Waals surface area contributed by atoms with Gasteiger partial charge in [-0.25, -0.2) is 4.68 Å². The maximum atomic E-state index is 12.8. The molecule has 0 saturated carbocycles.